The maximum Gasteiger partial charge on any atom is 0.142 e. The molecule has 2 nitrogen and oxygen atoms in total. The van der Waals surface area contributed by atoms with E-state index in [-0.39, 0.29) is 17.2 Å². The van der Waals surface area contributed by atoms with E-state index in [9.17, 15) is 9.18 Å². The van der Waals surface area contributed by atoms with E-state index in [0.29, 0.717) is 12.0 Å². The summed E-state index contributed by atoms with van der Waals surface area (Å²) in [7, 11) is 0. The highest BCUT2D eigenvalue weighted by atomic mass is 35.5. The van der Waals surface area contributed by atoms with Gasteiger partial charge in [-0.25, -0.2) is 4.39 Å². The number of hydrogen-bond donors (Lipinski definition) is 0. The third kappa shape index (κ3) is 3.37. The summed E-state index contributed by atoms with van der Waals surface area (Å²) < 4.78 is 13.2. The van der Waals surface area contributed by atoms with Crippen LogP contribution in [0.5, 0.6) is 0 Å². The van der Waals surface area contributed by atoms with E-state index in [1.54, 1.807) is 24.5 Å². The third-order valence-electron chi connectivity index (χ3n) is 2.51. The Labute approximate surface area is 109 Å². The summed E-state index contributed by atoms with van der Waals surface area (Å²) >= 11 is 5.58. The third-order valence-corrected chi connectivity index (χ3v) is 2.82. The summed E-state index contributed by atoms with van der Waals surface area (Å²) in [5.41, 5.74) is 1.49. The topological polar surface area (TPSA) is 30.0 Å². The molecule has 0 unspecified atom stereocenters. The number of halogens is 2. The number of hydrogen-bond acceptors (Lipinski definition) is 2. The maximum absolute atomic E-state index is 13.2. The molecule has 1 aromatic heterocycles. The van der Waals surface area contributed by atoms with Gasteiger partial charge in [-0.1, -0.05) is 23.7 Å². The van der Waals surface area contributed by atoms with Crippen molar-refractivity contribution in [1.82, 2.24) is 4.98 Å². The second-order valence-electron chi connectivity index (χ2n) is 4.00. The van der Waals surface area contributed by atoms with E-state index in [0.717, 1.165) is 5.56 Å². The first-order valence-corrected chi connectivity index (χ1v) is 5.87. The Bertz CT molecular complexity index is 557. The quantitative estimate of drug-likeness (QED) is 0.848. The summed E-state index contributed by atoms with van der Waals surface area (Å²) in [5, 5.41) is 0.0680. The maximum atomic E-state index is 13.2. The monoisotopic (exact) mass is 263 g/mol. The fourth-order valence-electron chi connectivity index (χ4n) is 1.67. The molecule has 4 heteroatoms. The largest absolute Gasteiger partial charge is 0.299 e. The van der Waals surface area contributed by atoms with Gasteiger partial charge in [-0.3, -0.25) is 9.78 Å². The zero-order valence-electron chi connectivity index (χ0n) is 9.57. The molecule has 18 heavy (non-hydrogen) atoms. The molecule has 0 saturated carbocycles. The molecule has 0 amide bonds. The highest BCUT2D eigenvalue weighted by Gasteiger charge is 2.07. The van der Waals surface area contributed by atoms with Crippen molar-refractivity contribution in [2.75, 3.05) is 0 Å². The van der Waals surface area contributed by atoms with Gasteiger partial charge in [-0.15, -0.1) is 0 Å². The van der Waals surface area contributed by atoms with Crippen molar-refractivity contribution in [3.05, 3.63) is 64.7 Å². The Balaban J connectivity index is 2.01. The lowest BCUT2D eigenvalue weighted by Gasteiger charge is -2.02. The predicted molar refractivity (Wildman–Crippen MR) is 68.1 cm³/mol. The average Bonchev–Trinajstić information content (AvgIpc) is 2.35. The van der Waals surface area contributed by atoms with Crippen LogP contribution in [0.15, 0.2) is 42.7 Å². The summed E-state index contributed by atoms with van der Waals surface area (Å²) in [6, 6.07) is 8.04. The molecule has 0 saturated heterocycles. The molecule has 2 rings (SSSR count). The predicted octanol–water partition coefficient (Wildman–Crippen LogP) is 3.23. The minimum absolute atomic E-state index is 0.0183. The van der Waals surface area contributed by atoms with Crippen LogP contribution in [0, 0.1) is 5.82 Å². The van der Waals surface area contributed by atoms with Crippen molar-refractivity contribution >= 4 is 17.4 Å². The molecule has 0 spiro atoms. The second kappa shape index (κ2) is 5.74. The fraction of sp³-hybridized carbons (Fsp3) is 0.143. The minimum atomic E-state index is -0.497. The number of carbonyl (C=O) groups is 1. The van der Waals surface area contributed by atoms with Gasteiger partial charge in [0.25, 0.3) is 0 Å². The Kier molecular flexibility index (Phi) is 4.05. The van der Waals surface area contributed by atoms with E-state index >= 15 is 0 Å². The SMILES string of the molecule is O=C(Cc1cccnc1)Cc1ccc(Cl)c(F)c1. The normalized spacial score (nSPS) is 10.3. The summed E-state index contributed by atoms with van der Waals surface area (Å²) in [6.07, 6.45) is 3.81. The van der Waals surface area contributed by atoms with Gasteiger partial charge in [0.15, 0.2) is 0 Å². The van der Waals surface area contributed by atoms with Gasteiger partial charge in [-0.05, 0) is 29.3 Å². The van der Waals surface area contributed by atoms with Gasteiger partial charge < -0.3 is 0 Å². The van der Waals surface area contributed by atoms with Crippen LogP contribution < -0.4 is 0 Å². The molecule has 0 atom stereocenters. The number of Topliss-reactive ketones (excluding diaryl/α,β-unsaturated/α-hetero) is 1. The van der Waals surface area contributed by atoms with Crippen molar-refractivity contribution in [3.63, 3.8) is 0 Å². The van der Waals surface area contributed by atoms with Crippen molar-refractivity contribution in [1.29, 1.82) is 0 Å². The number of carbonyl (C=O) groups excluding carboxylic acids is 1. The molecule has 92 valence electrons. The highest BCUT2D eigenvalue weighted by Crippen LogP contribution is 2.16. The van der Waals surface area contributed by atoms with E-state index in [2.05, 4.69) is 4.98 Å². The van der Waals surface area contributed by atoms with Crippen LogP contribution in [0.1, 0.15) is 11.1 Å². The van der Waals surface area contributed by atoms with Crippen LogP contribution in [-0.2, 0) is 17.6 Å². The number of aromatic nitrogens is 1. The Morgan fingerprint density at radius 1 is 1.22 bits per heavy atom. The number of ketones is 1. The lowest BCUT2D eigenvalue weighted by atomic mass is 10.0. The first kappa shape index (κ1) is 12.7. The van der Waals surface area contributed by atoms with E-state index in [1.807, 2.05) is 6.07 Å². The van der Waals surface area contributed by atoms with E-state index in [4.69, 9.17) is 11.6 Å². The molecule has 0 radical (unpaired) electrons. The highest BCUT2D eigenvalue weighted by molar-refractivity contribution is 6.30. The Morgan fingerprint density at radius 3 is 2.67 bits per heavy atom. The van der Waals surface area contributed by atoms with Crippen LogP contribution >= 0.6 is 11.6 Å². The molecule has 1 heterocycles. The molecule has 0 fully saturated rings. The van der Waals surface area contributed by atoms with Gasteiger partial charge in [0, 0.05) is 25.2 Å². The number of pyridine rings is 1. The van der Waals surface area contributed by atoms with Crippen LogP contribution in [0.4, 0.5) is 4.39 Å². The Morgan fingerprint density at radius 2 is 2.00 bits per heavy atom. The van der Waals surface area contributed by atoms with Crippen molar-refractivity contribution < 1.29 is 9.18 Å². The molecule has 0 aliphatic rings. The molecular formula is C14H11ClFNO. The Hall–Kier alpha value is -1.74. The molecule has 0 bridgehead atoms. The van der Waals surface area contributed by atoms with Gasteiger partial charge in [0.1, 0.15) is 11.6 Å². The molecule has 2 aromatic rings. The van der Waals surface area contributed by atoms with Crippen LogP contribution in [0.2, 0.25) is 5.02 Å². The van der Waals surface area contributed by atoms with Crippen molar-refractivity contribution in [3.8, 4) is 0 Å². The first-order chi connectivity index (χ1) is 8.65. The van der Waals surface area contributed by atoms with Gasteiger partial charge in [0.05, 0.1) is 5.02 Å². The lowest BCUT2D eigenvalue weighted by molar-refractivity contribution is -0.117. The van der Waals surface area contributed by atoms with Gasteiger partial charge in [-0.2, -0.15) is 0 Å². The molecule has 0 aliphatic heterocycles. The second-order valence-corrected chi connectivity index (χ2v) is 4.41. The zero-order valence-corrected chi connectivity index (χ0v) is 10.3. The molecule has 0 N–H and O–H groups in total. The van der Waals surface area contributed by atoms with E-state index < -0.39 is 5.82 Å². The minimum Gasteiger partial charge on any atom is -0.299 e. The van der Waals surface area contributed by atoms with Crippen molar-refractivity contribution in [2.45, 2.75) is 12.8 Å². The van der Waals surface area contributed by atoms with Gasteiger partial charge in [0.2, 0.25) is 0 Å². The number of rotatable bonds is 4. The molecular weight excluding hydrogens is 253 g/mol. The van der Waals surface area contributed by atoms with Crippen molar-refractivity contribution in [2.24, 2.45) is 0 Å². The summed E-state index contributed by atoms with van der Waals surface area (Å²) in [6.45, 7) is 0. The summed E-state index contributed by atoms with van der Waals surface area (Å²) in [4.78, 5) is 15.7. The van der Waals surface area contributed by atoms with E-state index in [1.165, 1.54) is 12.1 Å². The zero-order chi connectivity index (χ0) is 13.0. The lowest BCUT2D eigenvalue weighted by Crippen LogP contribution is -2.07. The first-order valence-electron chi connectivity index (χ1n) is 5.49. The standard InChI is InChI=1S/C14H11ClFNO/c15-13-4-3-10(8-14(13)16)6-12(18)7-11-2-1-5-17-9-11/h1-5,8-9H,6-7H2. The summed E-state index contributed by atoms with van der Waals surface area (Å²) in [5.74, 6) is -0.479. The fourth-order valence-corrected chi connectivity index (χ4v) is 1.79. The van der Waals surface area contributed by atoms with Crippen LogP contribution in [0.3, 0.4) is 0 Å². The molecule has 0 aliphatic carbocycles. The van der Waals surface area contributed by atoms with Gasteiger partial charge >= 0.3 is 0 Å². The van der Waals surface area contributed by atoms with Crippen LogP contribution in [-0.4, -0.2) is 10.8 Å². The average molecular weight is 264 g/mol. The van der Waals surface area contributed by atoms with Crippen LogP contribution in [0.25, 0.3) is 0 Å². The number of benzene rings is 1. The smallest absolute Gasteiger partial charge is 0.142 e. The number of nitrogens with zero attached hydrogens (tertiary/aromatic N) is 1. The molecule has 1 aromatic carbocycles.